The van der Waals surface area contributed by atoms with Crippen molar-refractivity contribution in [3.05, 3.63) is 57.0 Å². The second-order valence-electron chi connectivity index (χ2n) is 6.53. The number of halogens is 5. The topological polar surface area (TPSA) is 82.1 Å². The van der Waals surface area contributed by atoms with Crippen molar-refractivity contribution in [2.24, 2.45) is 0 Å². The van der Waals surface area contributed by atoms with Crippen LogP contribution in [-0.4, -0.2) is 42.2 Å². The van der Waals surface area contributed by atoms with Crippen LogP contribution in [0.5, 0.6) is 11.5 Å². The molecule has 2 rings (SSSR count). The van der Waals surface area contributed by atoms with E-state index in [1.807, 2.05) is 6.92 Å². The van der Waals surface area contributed by atoms with E-state index in [4.69, 9.17) is 14.6 Å². The van der Waals surface area contributed by atoms with E-state index in [0.717, 1.165) is 17.8 Å². The van der Waals surface area contributed by atoms with Gasteiger partial charge in [-0.05, 0) is 82.8 Å². The molecule has 0 aliphatic rings. The van der Waals surface area contributed by atoms with Crippen LogP contribution in [0, 0.1) is 11.6 Å². The molecule has 0 saturated heterocycles. The highest BCUT2D eigenvalue weighted by atomic mass is 79.9. The Bertz CT molecular complexity index is 900. The fraction of sp³-hybridized carbons (Fsp3) is 0.417. The SMILES string of the molecule is CCOC(=O)CCCBr.CCOC(=O)CCCOc1ccc(Br)c(F)c1.Oc1ccc(Br)c(F)c1. The minimum atomic E-state index is -0.449. The molecule has 35 heavy (non-hydrogen) atoms. The van der Waals surface area contributed by atoms with Gasteiger partial charge in [-0.3, -0.25) is 9.59 Å². The third-order valence-corrected chi connectivity index (χ3v) is 5.56. The smallest absolute Gasteiger partial charge is 0.305 e. The van der Waals surface area contributed by atoms with Crippen molar-refractivity contribution < 1.29 is 37.7 Å². The van der Waals surface area contributed by atoms with Crippen LogP contribution in [-0.2, 0) is 19.1 Å². The van der Waals surface area contributed by atoms with E-state index in [0.29, 0.717) is 53.8 Å². The average Bonchev–Trinajstić information content (AvgIpc) is 2.81. The van der Waals surface area contributed by atoms with Crippen LogP contribution in [0.25, 0.3) is 0 Å². The summed E-state index contributed by atoms with van der Waals surface area (Å²) >= 11 is 9.22. The Morgan fingerprint density at radius 2 is 1.37 bits per heavy atom. The number of aromatic hydroxyl groups is 1. The molecule has 0 fully saturated rings. The molecule has 1 N–H and O–H groups in total. The number of phenolic OH excluding ortho intramolecular Hbond substituents is 1. The fourth-order valence-corrected chi connectivity index (χ4v) is 2.91. The van der Waals surface area contributed by atoms with Crippen molar-refractivity contribution in [2.75, 3.05) is 25.2 Å². The molecule has 0 aromatic heterocycles. The molecule has 11 heteroatoms. The van der Waals surface area contributed by atoms with Gasteiger partial charge in [0.2, 0.25) is 0 Å². The van der Waals surface area contributed by atoms with Crippen molar-refractivity contribution in [1.29, 1.82) is 0 Å². The minimum absolute atomic E-state index is 0.0595. The molecule has 0 amide bonds. The molecule has 2 aromatic rings. The van der Waals surface area contributed by atoms with Gasteiger partial charge in [0.1, 0.15) is 23.1 Å². The number of hydrogen-bond donors (Lipinski definition) is 1. The average molecular weight is 691 g/mol. The third-order valence-electron chi connectivity index (χ3n) is 3.71. The summed E-state index contributed by atoms with van der Waals surface area (Å²) in [4.78, 5) is 21.6. The summed E-state index contributed by atoms with van der Waals surface area (Å²) in [7, 11) is 0. The lowest BCUT2D eigenvalue weighted by atomic mass is 10.3. The quantitative estimate of drug-likeness (QED) is 0.160. The van der Waals surface area contributed by atoms with Crippen molar-refractivity contribution in [2.45, 2.75) is 39.5 Å². The molecule has 0 aliphatic heterocycles. The number of carbonyl (C=O) groups is 2. The number of phenols is 1. The summed E-state index contributed by atoms with van der Waals surface area (Å²) in [6.45, 7) is 4.81. The highest BCUT2D eigenvalue weighted by Crippen LogP contribution is 2.21. The molecular formula is C24H29Br3F2O6. The van der Waals surface area contributed by atoms with Crippen molar-refractivity contribution in [3.8, 4) is 11.5 Å². The monoisotopic (exact) mass is 688 g/mol. The van der Waals surface area contributed by atoms with Crippen LogP contribution in [0.4, 0.5) is 8.78 Å². The summed E-state index contributed by atoms with van der Waals surface area (Å²) in [6, 6.07) is 8.45. The van der Waals surface area contributed by atoms with Gasteiger partial charge < -0.3 is 19.3 Å². The first kappa shape index (κ1) is 33.3. The molecule has 0 atom stereocenters. The van der Waals surface area contributed by atoms with Gasteiger partial charge in [-0.15, -0.1) is 0 Å². The second-order valence-corrected chi connectivity index (χ2v) is 9.03. The van der Waals surface area contributed by atoms with Gasteiger partial charge in [0.05, 0.1) is 28.8 Å². The van der Waals surface area contributed by atoms with E-state index in [-0.39, 0.29) is 23.5 Å². The Labute approximate surface area is 229 Å². The highest BCUT2D eigenvalue weighted by Gasteiger charge is 2.04. The van der Waals surface area contributed by atoms with E-state index >= 15 is 0 Å². The van der Waals surface area contributed by atoms with Gasteiger partial charge >= 0.3 is 11.9 Å². The standard InChI is InChI=1S/C12H14BrFO3.C6H4BrFO.C6H11BrO2/c1-2-16-12(15)4-3-7-17-9-5-6-10(13)11(14)8-9;7-5-2-1-4(9)3-6(5)8;1-2-9-6(8)4-3-5-7/h5-6,8H,2-4,7H2,1H3;1-3,9H;2-5H2,1H3. The van der Waals surface area contributed by atoms with E-state index in [9.17, 15) is 18.4 Å². The number of benzene rings is 2. The number of alkyl halides is 1. The maximum atomic E-state index is 13.1. The maximum Gasteiger partial charge on any atom is 0.305 e. The molecule has 2 aromatic carbocycles. The Balaban J connectivity index is 0.000000543. The predicted octanol–water partition coefficient (Wildman–Crippen LogP) is 7.33. The van der Waals surface area contributed by atoms with Crippen LogP contribution >= 0.6 is 47.8 Å². The van der Waals surface area contributed by atoms with Crippen molar-refractivity contribution >= 4 is 59.7 Å². The molecule has 0 bridgehead atoms. The van der Waals surface area contributed by atoms with Gasteiger partial charge in [-0.2, -0.15) is 0 Å². The molecule has 196 valence electrons. The predicted molar refractivity (Wildman–Crippen MR) is 141 cm³/mol. The number of carbonyl (C=O) groups excluding carboxylic acids is 2. The van der Waals surface area contributed by atoms with Crippen LogP contribution in [0.2, 0.25) is 0 Å². The highest BCUT2D eigenvalue weighted by molar-refractivity contribution is 9.10. The first-order chi connectivity index (χ1) is 16.6. The number of esters is 2. The number of hydrogen-bond acceptors (Lipinski definition) is 6. The van der Waals surface area contributed by atoms with Crippen molar-refractivity contribution in [1.82, 2.24) is 0 Å². The summed E-state index contributed by atoms with van der Waals surface area (Å²) in [5, 5.41) is 9.54. The Morgan fingerprint density at radius 1 is 0.857 bits per heavy atom. The lowest BCUT2D eigenvalue weighted by Gasteiger charge is -2.06. The lowest BCUT2D eigenvalue weighted by Crippen LogP contribution is -2.06. The molecule has 0 aliphatic carbocycles. The number of rotatable bonds is 10. The molecule has 0 heterocycles. The summed E-state index contributed by atoms with van der Waals surface area (Å²) in [5.41, 5.74) is 0. The normalized spacial score (nSPS) is 9.69. The van der Waals surface area contributed by atoms with Gasteiger partial charge in [0.25, 0.3) is 0 Å². The van der Waals surface area contributed by atoms with Crippen LogP contribution in [0.3, 0.4) is 0 Å². The molecule has 0 radical (unpaired) electrons. The zero-order valence-electron chi connectivity index (χ0n) is 19.5. The summed E-state index contributed by atoms with van der Waals surface area (Å²) in [5.74, 6) is -0.761. The fourth-order valence-electron chi connectivity index (χ4n) is 2.14. The molecular weight excluding hydrogens is 662 g/mol. The first-order valence-corrected chi connectivity index (χ1v) is 13.4. The van der Waals surface area contributed by atoms with E-state index < -0.39 is 5.82 Å². The molecule has 0 unspecified atom stereocenters. The van der Waals surface area contributed by atoms with E-state index in [1.165, 1.54) is 18.2 Å². The maximum absolute atomic E-state index is 13.1. The van der Waals surface area contributed by atoms with E-state index in [1.54, 1.807) is 19.1 Å². The van der Waals surface area contributed by atoms with Gasteiger partial charge in [-0.25, -0.2) is 8.78 Å². The Morgan fingerprint density at radius 3 is 1.83 bits per heavy atom. The van der Waals surface area contributed by atoms with Gasteiger partial charge in [0.15, 0.2) is 0 Å². The number of ether oxygens (including phenoxy) is 3. The summed E-state index contributed by atoms with van der Waals surface area (Å²) in [6.07, 6.45) is 2.25. The van der Waals surface area contributed by atoms with E-state index in [2.05, 4.69) is 52.5 Å². The molecule has 6 nitrogen and oxygen atoms in total. The zero-order chi connectivity index (χ0) is 26.6. The van der Waals surface area contributed by atoms with Gasteiger partial charge in [-0.1, -0.05) is 15.9 Å². The van der Waals surface area contributed by atoms with Crippen LogP contribution < -0.4 is 4.74 Å². The Kier molecular flexibility index (Phi) is 19.5. The minimum Gasteiger partial charge on any atom is -0.508 e. The Hall–Kier alpha value is -1.72. The van der Waals surface area contributed by atoms with Crippen LogP contribution in [0.1, 0.15) is 39.5 Å². The summed E-state index contributed by atoms with van der Waals surface area (Å²) < 4.78 is 41.0. The molecule has 0 saturated carbocycles. The van der Waals surface area contributed by atoms with Gasteiger partial charge in [0, 0.05) is 30.3 Å². The first-order valence-electron chi connectivity index (χ1n) is 10.7. The van der Waals surface area contributed by atoms with Crippen molar-refractivity contribution in [3.63, 3.8) is 0 Å². The zero-order valence-corrected chi connectivity index (χ0v) is 24.3. The largest absolute Gasteiger partial charge is 0.508 e. The van der Waals surface area contributed by atoms with Crippen LogP contribution in [0.15, 0.2) is 45.3 Å². The second kappa shape index (κ2) is 20.5. The lowest BCUT2D eigenvalue weighted by molar-refractivity contribution is -0.144. The molecule has 0 spiro atoms. The third kappa shape index (κ3) is 17.4.